The number of esters is 1. The number of halogens is 2. The molecule has 0 aliphatic carbocycles. The summed E-state index contributed by atoms with van der Waals surface area (Å²) in [4.78, 5) is 11.2. The van der Waals surface area contributed by atoms with Crippen molar-refractivity contribution in [2.45, 2.75) is 0 Å². The van der Waals surface area contributed by atoms with Crippen LogP contribution >= 0.6 is 45.2 Å². The van der Waals surface area contributed by atoms with Crippen molar-refractivity contribution < 1.29 is 9.53 Å². The Balaban J connectivity index is 3.21. The van der Waals surface area contributed by atoms with Crippen LogP contribution in [0.25, 0.3) is 0 Å². The highest BCUT2D eigenvalue weighted by Crippen LogP contribution is 2.16. The molecule has 1 aromatic rings. The first-order chi connectivity index (χ1) is 5.66. The quantitative estimate of drug-likeness (QED) is 0.539. The van der Waals surface area contributed by atoms with Crippen molar-refractivity contribution in [2.24, 2.45) is 0 Å². The number of ether oxygens (including phenoxy) is 1. The molecule has 0 aliphatic rings. The van der Waals surface area contributed by atoms with Gasteiger partial charge in [-0.3, -0.25) is 0 Å². The van der Waals surface area contributed by atoms with Gasteiger partial charge in [0.2, 0.25) is 0 Å². The molecule has 12 heavy (non-hydrogen) atoms. The third-order valence-electron chi connectivity index (χ3n) is 1.15. The standard InChI is InChI=1S/C6H4I2N2O2/c1-12-6(11)4-3(7)2-9-10-5(4)8/h2H,1H3. The number of hydrogen-bond donors (Lipinski definition) is 0. The number of rotatable bonds is 1. The summed E-state index contributed by atoms with van der Waals surface area (Å²) in [6, 6.07) is 0. The average Bonchev–Trinajstić information content (AvgIpc) is 2.03. The van der Waals surface area contributed by atoms with Gasteiger partial charge in [0.25, 0.3) is 0 Å². The number of hydrogen-bond acceptors (Lipinski definition) is 4. The second-order valence-electron chi connectivity index (χ2n) is 1.85. The highest BCUT2D eigenvalue weighted by molar-refractivity contribution is 14.1. The fourth-order valence-electron chi connectivity index (χ4n) is 0.627. The summed E-state index contributed by atoms with van der Waals surface area (Å²) in [5.41, 5.74) is 0.480. The Morgan fingerprint density at radius 1 is 1.58 bits per heavy atom. The smallest absolute Gasteiger partial charge is 0.341 e. The van der Waals surface area contributed by atoms with Crippen molar-refractivity contribution in [3.05, 3.63) is 19.0 Å². The summed E-state index contributed by atoms with van der Waals surface area (Å²) in [6.07, 6.45) is 1.52. The van der Waals surface area contributed by atoms with E-state index in [0.29, 0.717) is 9.26 Å². The lowest BCUT2D eigenvalue weighted by Crippen LogP contribution is -2.08. The van der Waals surface area contributed by atoms with Crippen molar-refractivity contribution in [1.82, 2.24) is 10.2 Å². The zero-order valence-corrected chi connectivity index (χ0v) is 10.4. The van der Waals surface area contributed by atoms with Crippen LogP contribution < -0.4 is 0 Å². The van der Waals surface area contributed by atoms with Crippen LogP contribution in [0.3, 0.4) is 0 Å². The van der Waals surface area contributed by atoms with E-state index in [-0.39, 0.29) is 5.97 Å². The first-order valence-corrected chi connectivity index (χ1v) is 5.07. The van der Waals surface area contributed by atoms with Gasteiger partial charge in [-0.25, -0.2) is 4.79 Å². The minimum Gasteiger partial charge on any atom is -0.465 e. The Morgan fingerprint density at radius 2 is 2.25 bits per heavy atom. The number of carbonyl (C=O) groups excluding carboxylic acids is 1. The Hall–Kier alpha value is 0.01000. The maximum atomic E-state index is 11.2. The Labute approximate surface area is 96.4 Å². The topological polar surface area (TPSA) is 52.1 Å². The van der Waals surface area contributed by atoms with Gasteiger partial charge in [-0.05, 0) is 45.2 Å². The molecule has 0 bridgehead atoms. The highest BCUT2D eigenvalue weighted by Gasteiger charge is 2.15. The fraction of sp³-hybridized carbons (Fsp3) is 0.167. The Morgan fingerprint density at radius 3 is 2.75 bits per heavy atom. The first kappa shape index (κ1) is 10.1. The monoisotopic (exact) mass is 390 g/mol. The Kier molecular flexibility index (Phi) is 3.62. The predicted molar refractivity (Wildman–Crippen MR) is 58.8 cm³/mol. The number of carbonyl (C=O) groups is 1. The first-order valence-electron chi connectivity index (χ1n) is 2.91. The molecule has 0 radical (unpaired) electrons. The van der Waals surface area contributed by atoms with Gasteiger partial charge < -0.3 is 4.74 Å². The second-order valence-corrected chi connectivity index (χ2v) is 4.03. The fourth-order valence-corrected chi connectivity index (χ4v) is 2.38. The lowest BCUT2D eigenvalue weighted by atomic mass is 10.3. The molecule has 6 heteroatoms. The summed E-state index contributed by atoms with van der Waals surface area (Å²) in [7, 11) is 1.34. The lowest BCUT2D eigenvalue weighted by Gasteiger charge is -2.01. The molecular formula is C6H4I2N2O2. The second kappa shape index (κ2) is 4.30. The van der Waals surface area contributed by atoms with Gasteiger partial charge in [0.1, 0.15) is 9.26 Å². The third-order valence-corrected chi connectivity index (χ3v) is 2.72. The molecule has 0 fully saturated rings. The normalized spacial score (nSPS) is 9.58. The summed E-state index contributed by atoms with van der Waals surface area (Å²) in [6.45, 7) is 0. The van der Waals surface area contributed by atoms with Crippen molar-refractivity contribution in [3.63, 3.8) is 0 Å². The molecule has 0 unspecified atom stereocenters. The number of methoxy groups -OCH3 is 1. The van der Waals surface area contributed by atoms with E-state index in [1.54, 1.807) is 0 Å². The minimum atomic E-state index is -0.376. The summed E-state index contributed by atoms with van der Waals surface area (Å²) < 4.78 is 5.89. The van der Waals surface area contributed by atoms with Crippen LogP contribution in [0.1, 0.15) is 10.4 Å². The van der Waals surface area contributed by atoms with Crippen LogP contribution in [0, 0.1) is 7.27 Å². The van der Waals surface area contributed by atoms with Crippen LogP contribution in [0.15, 0.2) is 6.20 Å². The van der Waals surface area contributed by atoms with Crippen molar-refractivity contribution in [1.29, 1.82) is 0 Å². The number of nitrogens with zero attached hydrogens (tertiary/aromatic N) is 2. The van der Waals surface area contributed by atoms with Crippen LogP contribution in [0.5, 0.6) is 0 Å². The molecule has 0 amide bonds. The van der Waals surface area contributed by atoms with Crippen LogP contribution in [-0.2, 0) is 4.74 Å². The van der Waals surface area contributed by atoms with Gasteiger partial charge in [-0.15, -0.1) is 5.10 Å². The van der Waals surface area contributed by atoms with Gasteiger partial charge in [0.15, 0.2) is 0 Å². The zero-order chi connectivity index (χ0) is 9.14. The molecule has 1 rings (SSSR count). The lowest BCUT2D eigenvalue weighted by molar-refractivity contribution is 0.0597. The van der Waals surface area contributed by atoms with Crippen molar-refractivity contribution in [3.8, 4) is 0 Å². The van der Waals surface area contributed by atoms with Crippen molar-refractivity contribution >= 4 is 51.2 Å². The molecule has 0 saturated carbocycles. The van der Waals surface area contributed by atoms with Gasteiger partial charge in [0.05, 0.1) is 16.9 Å². The summed E-state index contributed by atoms with van der Waals surface area (Å²) in [5, 5.41) is 7.43. The third kappa shape index (κ3) is 2.03. The van der Waals surface area contributed by atoms with E-state index >= 15 is 0 Å². The zero-order valence-electron chi connectivity index (χ0n) is 6.04. The van der Waals surface area contributed by atoms with Gasteiger partial charge in [0, 0.05) is 0 Å². The van der Waals surface area contributed by atoms with Gasteiger partial charge >= 0.3 is 5.97 Å². The van der Waals surface area contributed by atoms with E-state index in [1.807, 2.05) is 45.2 Å². The van der Waals surface area contributed by atoms with E-state index < -0.39 is 0 Å². The maximum absolute atomic E-state index is 11.2. The molecule has 0 atom stereocenters. The van der Waals surface area contributed by atoms with E-state index in [2.05, 4.69) is 14.9 Å². The maximum Gasteiger partial charge on any atom is 0.341 e. The minimum absolute atomic E-state index is 0.376. The molecule has 0 saturated heterocycles. The molecule has 0 N–H and O–H groups in total. The summed E-state index contributed by atoms with van der Waals surface area (Å²) >= 11 is 3.96. The van der Waals surface area contributed by atoms with Gasteiger partial charge in [-0.1, -0.05) is 0 Å². The molecule has 0 aliphatic heterocycles. The van der Waals surface area contributed by atoms with Crippen LogP contribution in [0.4, 0.5) is 0 Å². The molecule has 0 spiro atoms. The molecule has 64 valence electrons. The molecule has 0 aromatic carbocycles. The van der Waals surface area contributed by atoms with E-state index in [1.165, 1.54) is 13.3 Å². The SMILES string of the molecule is COC(=O)c1c(I)cnnc1I. The summed E-state index contributed by atoms with van der Waals surface area (Å²) in [5.74, 6) is -0.376. The average molecular weight is 390 g/mol. The van der Waals surface area contributed by atoms with Crippen molar-refractivity contribution in [2.75, 3.05) is 7.11 Å². The highest BCUT2D eigenvalue weighted by atomic mass is 127. The van der Waals surface area contributed by atoms with E-state index in [0.717, 1.165) is 3.57 Å². The number of aromatic nitrogens is 2. The van der Waals surface area contributed by atoms with E-state index in [9.17, 15) is 4.79 Å². The van der Waals surface area contributed by atoms with Crippen LogP contribution in [0.2, 0.25) is 0 Å². The Bertz CT molecular complexity index is 296. The molecule has 1 aromatic heterocycles. The van der Waals surface area contributed by atoms with E-state index in [4.69, 9.17) is 0 Å². The largest absolute Gasteiger partial charge is 0.465 e. The molecular weight excluding hydrogens is 386 g/mol. The van der Waals surface area contributed by atoms with Crippen LogP contribution in [-0.4, -0.2) is 23.3 Å². The molecule has 1 heterocycles. The van der Waals surface area contributed by atoms with Gasteiger partial charge in [-0.2, -0.15) is 5.10 Å². The predicted octanol–water partition coefficient (Wildman–Crippen LogP) is 1.47. The molecule has 4 nitrogen and oxygen atoms in total.